The highest BCUT2D eigenvalue weighted by atomic mass is 35.6. The van der Waals surface area contributed by atoms with E-state index in [1.54, 1.807) is 13.8 Å². The van der Waals surface area contributed by atoms with Crippen molar-refractivity contribution >= 4 is 75.6 Å². The van der Waals surface area contributed by atoms with E-state index in [9.17, 15) is 14.4 Å². The van der Waals surface area contributed by atoms with Gasteiger partial charge in [0, 0.05) is 30.8 Å². The van der Waals surface area contributed by atoms with Crippen molar-refractivity contribution in [3.63, 3.8) is 0 Å². The Bertz CT molecular complexity index is 647. The van der Waals surface area contributed by atoms with Gasteiger partial charge in [0.25, 0.3) is 5.91 Å². The lowest BCUT2D eigenvalue weighted by atomic mass is 9.89. The summed E-state index contributed by atoms with van der Waals surface area (Å²) in [5, 5.41) is 0. The molecule has 29 heavy (non-hydrogen) atoms. The van der Waals surface area contributed by atoms with E-state index in [1.165, 1.54) is 13.2 Å². The van der Waals surface area contributed by atoms with E-state index in [1.807, 2.05) is 6.92 Å². The zero-order valence-electron chi connectivity index (χ0n) is 16.8. The second-order valence-corrected chi connectivity index (χ2v) is 10.9. The fourth-order valence-electron chi connectivity index (χ4n) is 3.15. The third-order valence-electron chi connectivity index (χ3n) is 5.06. The number of carbonyl (C=O) groups is 3. The fourth-order valence-corrected chi connectivity index (χ4v) is 3.62. The van der Waals surface area contributed by atoms with Crippen molar-refractivity contribution in [2.24, 2.45) is 17.8 Å². The molecule has 0 aromatic heterocycles. The van der Waals surface area contributed by atoms with Crippen LogP contribution in [0.25, 0.3) is 0 Å². The van der Waals surface area contributed by atoms with Gasteiger partial charge in [-0.3, -0.25) is 19.3 Å². The first kappa shape index (κ1) is 26.8. The Kier molecular flexibility index (Phi) is 10.6. The highest BCUT2D eigenvalue weighted by Gasteiger charge is 2.43. The van der Waals surface area contributed by atoms with Gasteiger partial charge in [0.05, 0.1) is 13.2 Å². The molecule has 0 aliphatic carbocycles. The molecule has 0 spiro atoms. The topological polar surface area (TPSA) is 63.7 Å². The number of ketones is 1. The van der Waals surface area contributed by atoms with E-state index in [4.69, 9.17) is 62.7 Å². The maximum Gasteiger partial charge on any atom is 0.257 e. The minimum Gasteiger partial charge on any atom is -0.499 e. The Morgan fingerprint density at radius 1 is 1.24 bits per heavy atom. The number of ether oxygens (including phenoxy) is 1. The van der Waals surface area contributed by atoms with Crippen molar-refractivity contribution in [1.82, 2.24) is 4.90 Å². The van der Waals surface area contributed by atoms with Crippen LogP contribution >= 0.6 is 58.0 Å². The van der Waals surface area contributed by atoms with Crippen molar-refractivity contribution in [2.75, 3.05) is 7.11 Å². The number of Topliss-reactive ketones (excluding diaryl/α,β-unsaturated/α-hetero) is 1. The average Bonchev–Trinajstić information content (AvgIpc) is 2.94. The monoisotopic (exact) mass is 507 g/mol. The van der Waals surface area contributed by atoms with Crippen LogP contribution in [-0.2, 0) is 19.1 Å². The van der Waals surface area contributed by atoms with E-state index < -0.39 is 38.3 Å². The Labute approximate surface area is 196 Å². The molecular weight excluding hydrogens is 483 g/mol. The van der Waals surface area contributed by atoms with Crippen molar-refractivity contribution in [2.45, 2.75) is 61.1 Å². The molecule has 0 N–H and O–H groups in total. The number of imide groups is 1. The maximum atomic E-state index is 13.4. The third kappa shape index (κ3) is 7.46. The van der Waals surface area contributed by atoms with Crippen LogP contribution in [0, 0.1) is 17.8 Å². The van der Waals surface area contributed by atoms with Gasteiger partial charge in [-0.15, -0.1) is 23.2 Å². The molecule has 1 heterocycles. The van der Waals surface area contributed by atoms with Crippen LogP contribution in [0.2, 0.25) is 0 Å². The Morgan fingerprint density at radius 2 is 1.83 bits per heavy atom. The second kappa shape index (κ2) is 11.4. The summed E-state index contributed by atoms with van der Waals surface area (Å²) < 4.78 is 3.70. The van der Waals surface area contributed by atoms with Gasteiger partial charge < -0.3 is 4.74 Å². The molecule has 0 unspecified atom stereocenters. The van der Waals surface area contributed by atoms with Crippen molar-refractivity contribution in [3.8, 4) is 0 Å². The van der Waals surface area contributed by atoms with Crippen LogP contribution in [0.1, 0.15) is 46.5 Å². The molecule has 2 amide bonds. The fraction of sp³-hybridized carbons (Fsp3) is 0.737. The highest BCUT2D eigenvalue weighted by Crippen LogP contribution is 2.40. The molecule has 0 saturated heterocycles. The summed E-state index contributed by atoms with van der Waals surface area (Å²) >= 11 is 29.8. The summed E-state index contributed by atoms with van der Waals surface area (Å²) in [6, 6.07) is -0.655. The van der Waals surface area contributed by atoms with Gasteiger partial charge in [0.1, 0.15) is 16.4 Å². The van der Waals surface area contributed by atoms with Crippen LogP contribution < -0.4 is 0 Å². The lowest BCUT2D eigenvalue weighted by Crippen LogP contribution is -2.46. The first-order valence-corrected chi connectivity index (χ1v) is 11.3. The molecule has 0 bridgehead atoms. The normalized spacial score (nSPS) is 20.5. The zero-order chi connectivity index (χ0) is 22.5. The third-order valence-corrected chi connectivity index (χ3v) is 7.03. The standard InChI is InChI=1S/C19H26Cl5NO4/c1-5-13(26)8-12(7-11(3)19(22,23)24)18(28)25-14(6-10(2)17(20)21)15(29-4)9-16(25)27/h9-12,14,17H,5-8H2,1-4H3/t10-,11-,12-,14-/m0/s1. The first-order chi connectivity index (χ1) is 13.3. The molecule has 0 aromatic rings. The number of hydrogen-bond acceptors (Lipinski definition) is 4. The summed E-state index contributed by atoms with van der Waals surface area (Å²) in [6.45, 7) is 5.20. The predicted octanol–water partition coefficient (Wildman–Crippen LogP) is 5.47. The number of nitrogens with zero attached hydrogens (tertiary/aromatic N) is 1. The van der Waals surface area contributed by atoms with E-state index in [0.29, 0.717) is 12.2 Å². The number of alkyl halides is 5. The Hall–Kier alpha value is -0.200. The number of halogens is 5. The van der Waals surface area contributed by atoms with Gasteiger partial charge in [0.2, 0.25) is 5.91 Å². The van der Waals surface area contributed by atoms with E-state index in [2.05, 4.69) is 0 Å². The summed E-state index contributed by atoms with van der Waals surface area (Å²) in [7, 11) is 1.42. The van der Waals surface area contributed by atoms with Crippen LogP contribution in [0.3, 0.4) is 0 Å². The van der Waals surface area contributed by atoms with Gasteiger partial charge >= 0.3 is 0 Å². The molecule has 5 nitrogen and oxygen atoms in total. The molecule has 4 atom stereocenters. The smallest absolute Gasteiger partial charge is 0.257 e. The minimum atomic E-state index is -1.60. The van der Waals surface area contributed by atoms with Gasteiger partial charge in [-0.05, 0) is 18.8 Å². The van der Waals surface area contributed by atoms with Crippen molar-refractivity contribution in [1.29, 1.82) is 0 Å². The summed E-state index contributed by atoms with van der Waals surface area (Å²) in [4.78, 5) is 38.5. The number of amides is 2. The molecule has 0 fully saturated rings. The lowest BCUT2D eigenvalue weighted by molar-refractivity contribution is -0.148. The van der Waals surface area contributed by atoms with Crippen molar-refractivity contribution < 1.29 is 19.1 Å². The molecular formula is C19H26Cl5NO4. The lowest BCUT2D eigenvalue weighted by Gasteiger charge is -2.32. The first-order valence-electron chi connectivity index (χ1n) is 9.32. The predicted molar refractivity (Wildman–Crippen MR) is 117 cm³/mol. The average molecular weight is 510 g/mol. The van der Waals surface area contributed by atoms with Crippen LogP contribution in [0.5, 0.6) is 0 Å². The molecule has 1 aliphatic heterocycles. The zero-order valence-corrected chi connectivity index (χ0v) is 20.5. The molecule has 0 aromatic carbocycles. The quantitative estimate of drug-likeness (QED) is 0.367. The van der Waals surface area contributed by atoms with Crippen LogP contribution in [0.15, 0.2) is 11.8 Å². The van der Waals surface area contributed by atoms with E-state index >= 15 is 0 Å². The minimum absolute atomic E-state index is 0.0393. The summed E-state index contributed by atoms with van der Waals surface area (Å²) in [5.74, 6) is -2.30. The molecule has 0 saturated carbocycles. The van der Waals surface area contributed by atoms with E-state index in [-0.39, 0.29) is 31.0 Å². The Morgan fingerprint density at radius 3 is 2.28 bits per heavy atom. The molecule has 1 aliphatic rings. The molecule has 10 heteroatoms. The largest absolute Gasteiger partial charge is 0.499 e. The number of carbonyl (C=O) groups excluding carboxylic acids is 3. The Balaban J connectivity index is 3.18. The molecule has 166 valence electrons. The maximum absolute atomic E-state index is 13.4. The second-order valence-electron chi connectivity index (χ2n) is 7.33. The summed E-state index contributed by atoms with van der Waals surface area (Å²) in [5.41, 5.74) is 0. The number of methoxy groups -OCH3 is 1. The van der Waals surface area contributed by atoms with Crippen LogP contribution in [0.4, 0.5) is 0 Å². The molecule has 1 rings (SSSR count). The molecule has 0 radical (unpaired) electrons. The highest BCUT2D eigenvalue weighted by molar-refractivity contribution is 6.67. The number of hydrogen-bond donors (Lipinski definition) is 0. The summed E-state index contributed by atoms with van der Waals surface area (Å²) in [6.07, 6.45) is 1.96. The van der Waals surface area contributed by atoms with Gasteiger partial charge in [-0.1, -0.05) is 55.6 Å². The van der Waals surface area contributed by atoms with Crippen LogP contribution in [-0.4, -0.2) is 44.3 Å². The number of rotatable bonds is 10. The van der Waals surface area contributed by atoms with Crippen molar-refractivity contribution in [3.05, 3.63) is 11.8 Å². The van der Waals surface area contributed by atoms with Gasteiger partial charge in [0.15, 0.2) is 3.79 Å². The van der Waals surface area contributed by atoms with Gasteiger partial charge in [-0.2, -0.15) is 0 Å². The SMILES string of the molecule is CCC(=O)C[C@H](C[C@H](C)C(Cl)(Cl)Cl)C(=O)N1C(=O)C=C(OC)[C@@H]1C[C@H](C)C(Cl)Cl. The van der Waals surface area contributed by atoms with Gasteiger partial charge in [-0.25, -0.2) is 0 Å². The van der Waals surface area contributed by atoms with E-state index in [0.717, 1.165) is 4.90 Å².